The summed E-state index contributed by atoms with van der Waals surface area (Å²) in [4.78, 5) is 20.2. The molecular weight excluding hydrogens is 408 g/mol. The van der Waals surface area contributed by atoms with Gasteiger partial charge in [0, 0.05) is 20.1 Å². The second-order valence-electron chi connectivity index (χ2n) is 9.69. The molecule has 1 aliphatic heterocycles. The minimum absolute atomic E-state index is 0.142. The molecule has 172 valence electrons. The first-order valence-corrected chi connectivity index (χ1v) is 12.4. The zero-order valence-electron chi connectivity index (χ0n) is 20.0. The smallest absolute Gasteiger partial charge is 0.410 e. The first-order valence-electron chi connectivity index (χ1n) is 11.6. The maximum Gasteiger partial charge on any atom is 0.410 e. The Balaban J connectivity index is 1.70. The van der Waals surface area contributed by atoms with Crippen molar-refractivity contribution in [3.05, 3.63) is 34.0 Å². The lowest BCUT2D eigenvalue weighted by Gasteiger charge is -2.36. The quantitative estimate of drug-likeness (QED) is 0.446. The highest BCUT2D eigenvalue weighted by Crippen LogP contribution is 2.49. The van der Waals surface area contributed by atoms with Crippen LogP contribution in [0.3, 0.4) is 0 Å². The van der Waals surface area contributed by atoms with Crippen LogP contribution < -0.4 is 0 Å². The largest absolute Gasteiger partial charge is 0.489 e. The number of nitrogens with zero attached hydrogens (tertiary/aromatic N) is 2. The van der Waals surface area contributed by atoms with Crippen LogP contribution >= 0.6 is 11.8 Å². The van der Waals surface area contributed by atoms with Gasteiger partial charge in [-0.05, 0) is 88.2 Å². The van der Waals surface area contributed by atoms with Crippen LogP contribution in [0.4, 0.5) is 4.79 Å². The topological polar surface area (TPSA) is 51.1 Å². The lowest BCUT2D eigenvalue weighted by molar-refractivity contribution is 0.00895. The SMILES string of the molecule is C=C(CC)C(OC1CCC(N(C)C(=O)OC(C)(C)C)CC1)=C1C(=NC)SC2=C1CCC2. The normalized spacial score (nSPS) is 26.7. The number of carbonyl (C=O) groups excluding carboxylic acids is 1. The lowest BCUT2D eigenvalue weighted by atomic mass is 9.91. The van der Waals surface area contributed by atoms with Crippen LogP contribution in [-0.2, 0) is 9.47 Å². The van der Waals surface area contributed by atoms with Crippen LogP contribution in [-0.4, -0.2) is 47.9 Å². The molecule has 2 aliphatic carbocycles. The van der Waals surface area contributed by atoms with E-state index in [2.05, 4.69) is 18.5 Å². The molecule has 0 atom stereocenters. The van der Waals surface area contributed by atoms with Gasteiger partial charge in [0.15, 0.2) is 0 Å². The predicted octanol–water partition coefficient (Wildman–Crippen LogP) is 6.61. The van der Waals surface area contributed by atoms with E-state index in [4.69, 9.17) is 9.47 Å². The number of rotatable bonds is 5. The third kappa shape index (κ3) is 5.57. The number of carbonyl (C=O) groups is 1. The summed E-state index contributed by atoms with van der Waals surface area (Å²) in [7, 11) is 3.72. The molecule has 0 aromatic rings. The second-order valence-corrected chi connectivity index (χ2v) is 10.8. The third-order valence-corrected chi connectivity index (χ3v) is 7.52. The summed E-state index contributed by atoms with van der Waals surface area (Å²) in [5.41, 5.74) is 3.19. The monoisotopic (exact) mass is 446 g/mol. The van der Waals surface area contributed by atoms with E-state index in [1.54, 1.807) is 4.90 Å². The highest BCUT2D eigenvalue weighted by atomic mass is 32.2. The molecule has 6 heteroatoms. The van der Waals surface area contributed by atoms with Crippen molar-refractivity contribution in [2.75, 3.05) is 14.1 Å². The number of thioether (sulfide) groups is 1. The molecular formula is C25H38N2O3S. The predicted molar refractivity (Wildman–Crippen MR) is 129 cm³/mol. The van der Waals surface area contributed by atoms with Crippen molar-refractivity contribution in [3.8, 4) is 0 Å². The fourth-order valence-corrected chi connectivity index (χ4v) is 5.68. The van der Waals surface area contributed by atoms with Gasteiger partial charge in [0.2, 0.25) is 0 Å². The van der Waals surface area contributed by atoms with Crippen molar-refractivity contribution in [2.45, 2.75) is 96.8 Å². The van der Waals surface area contributed by atoms with Gasteiger partial charge in [-0.3, -0.25) is 4.99 Å². The molecule has 1 saturated carbocycles. The molecule has 1 amide bonds. The van der Waals surface area contributed by atoms with E-state index < -0.39 is 5.60 Å². The van der Waals surface area contributed by atoms with E-state index in [-0.39, 0.29) is 18.2 Å². The zero-order valence-corrected chi connectivity index (χ0v) is 20.9. The number of allylic oxidation sites excluding steroid dienone is 3. The maximum absolute atomic E-state index is 12.4. The van der Waals surface area contributed by atoms with Gasteiger partial charge in [-0.1, -0.05) is 25.3 Å². The second kappa shape index (κ2) is 9.85. The van der Waals surface area contributed by atoms with Crippen molar-refractivity contribution in [2.24, 2.45) is 4.99 Å². The summed E-state index contributed by atoms with van der Waals surface area (Å²) in [6, 6.07) is 0.194. The highest BCUT2D eigenvalue weighted by molar-refractivity contribution is 8.18. The Bertz CT molecular complexity index is 811. The van der Waals surface area contributed by atoms with E-state index in [0.717, 1.165) is 61.3 Å². The number of aliphatic imine (C=N–C) groups is 1. The Morgan fingerprint density at radius 1 is 1.23 bits per heavy atom. The van der Waals surface area contributed by atoms with Gasteiger partial charge in [-0.25, -0.2) is 4.79 Å². The van der Waals surface area contributed by atoms with Gasteiger partial charge < -0.3 is 14.4 Å². The van der Waals surface area contributed by atoms with Gasteiger partial charge >= 0.3 is 6.09 Å². The van der Waals surface area contributed by atoms with Crippen LogP contribution in [0.25, 0.3) is 0 Å². The van der Waals surface area contributed by atoms with Gasteiger partial charge in [0.1, 0.15) is 16.4 Å². The summed E-state index contributed by atoms with van der Waals surface area (Å²) in [6.45, 7) is 12.2. The van der Waals surface area contributed by atoms with Gasteiger partial charge in [0.25, 0.3) is 0 Å². The number of ether oxygens (including phenoxy) is 2. The number of hydrogen-bond acceptors (Lipinski definition) is 5. The summed E-state index contributed by atoms with van der Waals surface area (Å²) >= 11 is 1.81. The average Bonchev–Trinajstić information content (AvgIpc) is 3.31. The molecule has 1 fully saturated rings. The van der Waals surface area contributed by atoms with E-state index in [1.807, 2.05) is 46.6 Å². The average molecular weight is 447 g/mol. The van der Waals surface area contributed by atoms with Crippen LogP contribution in [0.2, 0.25) is 0 Å². The van der Waals surface area contributed by atoms with Crippen molar-refractivity contribution in [1.82, 2.24) is 4.90 Å². The Hall–Kier alpha value is -1.69. The van der Waals surface area contributed by atoms with E-state index in [9.17, 15) is 4.79 Å². The van der Waals surface area contributed by atoms with Crippen molar-refractivity contribution in [1.29, 1.82) is 0 Å². The molecule has 0 aromatic heterocycles. The molecule has 0 saturated heterocycles. The fraction of sp³-hybridized carbons (Fsp3) is 0.680. The first-order chi connectivity index (χ1) is 14.6. The molecule has 3 aliphatic rings. The summed E-state index contributed by atoms with van der Waals surface area (Å²) in [6.07, 6.45) is 7.90. The Morgan fingerprint density at radius 3 is 2.48 bits per heavy atom. The lowest BCUT2D eigenvalue weighted by Crippen LogP contribution is -2.43. The highest BCUT2D eigenvalue weighted by Gasteiger charge is 2.35. The summed E-state index contributed by atoms with van der Waals surface area (Å²) < 4.78 is 12.2. The summed E-state index contributed by atoms with van der Waals surface area (Å²) in [5.74, 6) is 0.950. The third-order valence-electron chi connectivity index (χ3n) is 6.24. The van der Waals surface area contributed by atoms with Crippen molar-refractivity contribution in [3.63, 3.8) is 0 Å². The van der Waals surface area contributed by atoms with Crippen LogP contribution in [0.5, 0.6) is 0 Å². The first kappa shape index (κ1) is 24.0. The summed E-state index contributed by atoms with van der Waals surface area (Å²) in [5, 5.41) is 1.08. The van der Waals surface area contributed by atoms with E-state index in [1.165, 1.54) is 22.5 Å². The van der Waals surface area contributed by atoms with Gasteiger partial charge in [-0.2, -0.15) is 0 Å². The Morgan fingerprint density at radius 2 is 1.90 bits per heavy atom. The molecule has 0 aromatic carbocycles. The maximum atomic E-state index is 12.4. The molecule has 0 radical (unpaired) electrons. The van der Waals surface area contributed by atoms with Crippen molar-refractivity contribution < 1.29 is 14.3 Å². The van der Waals surface area contributed by atoms with Crippen LogP contribution in [0.1, 0.15) is 79.1 Å². The van der Waals surface area contributed by atoms with Gasteiger partial charge in [-0.15, -0.1) is 0 Å². The minimum Gasteiger partial charge on any atom is -0.489 e. The number of amides is 1. The molecule has 0 unspecified atom stereocenters. The minimum atomic E-state index is -0.473. The molecule has 1 heterocycles. The molecule has 31 heavy (non-hydrogen) atoms. The standard InChI is InChI=1S/C25H38N2O3S/c1-8-16(2)22(21-19-10-9-11-20(19)31-23(21)26-6)29-18-14-12-17(13-15-18)27(7)24(28)30-25(3,4)5/h17-18H,2,8-15H2,1,3-7H3. The molecule has 3 rings (SSSR count). The Labute approximate surface area is 192 Å². The molecule has 0 spiro atoms. The zero-order chi connectivity index (χ0) is 22.8. The molecule has 5 nitrogen and oxygen atoms in total. The molecule has 0 bridgehead atoms. The number of hydrogen-bond donors (Lipinski definition) is 0. The molecule has 0 N–H and O–H groups in total. The van der Waals surface area contributed by atoms with Crippen LogP contribution in [0.15, 0.2) is 39.0 Å². The van der Waals surface area contributed by atoms with Crippen LogP contribution in [0, 0.1) is 0 Å². The van der Waals surface area contributed by atoms with E-state index >= 15 is 0 Å². The Kier molecular flexibility index (Phi) is 7.61. The fourth-order valence-electron chi connectivity index (χ4n) is 4.46. The van der Waals surface area contributed by atoms with Gasteiger partial charge in [0.05, 0.1) is 11.7 Å². The van der Waals surface area contributed by atoms with Crippen molar-refractivity contribution >= 4 is 22.9 Å². The van der Waals surface area contributed by atoms with E-state index in [0.29, 0.717) is 0 Å².